The largest absolute Gasteiger partial charge is 0.494 e. The molecule has 2 aromatic rings. The van der Waals surface area contributed by atoms with Gasteiger partial charge in [-0.1, -0.05) is 30.3 Å². The summed E-state index contributed by atoms with van der Waals surface area (Å²) in [5.41, 5.74) is 1.54. The summed E-state index contributed by atoms with van der Waals surface area (Å²) in [5, 5.41) is 2.96. The molecule has 3 rings (SSSR count). The number of rotatable bonds is 7. The van der Waals surface area contributed by atoms with Gasteiger partial charge in [0.2, 0.25) is 0 Å². The van der Waals surface area contributed by atoms with Gasteiger partial charge >= 0.3 is 0 Å². The molecule has 1 N–H and O–H groups in total. The maximum atomic E-state index is 12.6. The summed E-state index contributed by atoms with van der Waals surface area (Å²) < 4.78 is 11.5. The number of carbonyl (C=O) groups excluding carboxylic acids is 1. The molecule has 1 aliphatic carbocycles. The Morgan fingerprint density at radius 3 is 2.50 bits per heavy atom. The monoisotopic (exact) mass is 325 g/mol. The Bertz CT molecular complexity index is 695. The molecule has 0 bridgehead atoms. The molecule has 0 atom stereocenters. The summed E-state index contributed by atoms with van der Waals surface area (Å²) in [6.07, 6.45) is 3.58. The topological polar surface area (TPSA) is 47.6 Å². The van der Waals surface area contributed by atoms with E-state index in [9.17, 15) is 4.79 Å². The zero-order valence-electron chi connectivity index (χ0n) is 14.0. The molecular weight excluding hydrogens is 302 g/mol. The molecule has 2 aromatic carbocycles. The van der Waals surface area contributed by atoms with Crippen LogP contribution in [0.4, 0.5) is 0 Å². The number of amides is 1. The Hall–Kier alpha value is -2.49. The van der Waals surface area contributed by atoms with E-state index in [-0.39, 0.29) is 12.0 Å². The highest BCUT2D eigenvalue weighted by Gasteiger charge is 2.21. The summed E-state index contributed by atoms with van der Waals surface area (Å²) in [4.78, 5) is 12.6. The van der Waals surface area contributed by atoms with Crippen molar-refractivity contribution in [2.24, 2.45) is 0 Å². The van der Waals surface area contributed by atoms with Crippen LogP contribution in [-0.2, 0) is 6.54 Å². The summed E-state index contributed by atoms with van der Waals surface area (Å²) in [5.74, 6) is 1.34. The summed E-state index contributed by atoms with van der Waals surface area (Å²) >= 11 is 0. The molecular formula is C20H23NO3. The average molecular weight is 325 g/mol. The van der Waals surface area contributed by atoms with Gasteiger partial charge in [0.15, 0.2) is 0 Å². The van der Waals surface area contributed by atoms with Crippen LogP contribution in [0.15, 0.2) is 48.5 Å². The normalized spacial score (nSPS) is 13.9. The van der Waals surface area contributed by atoms with E-state index in [0.29, 0.717) is 24.5 Å². The van der Waals surface area contributed by atoms with E-state index in [1.165, 1.54) is 6.42 Å². The summed E-state index contributed by atoms with van der Waals surface area (Å²) in [7, 11) is 0. The Kier molecular flexibility index (Phi) is 5.36. The van der Waals surface area contributed by atoms with Crippen LogP contribution in [0.2, 0.25) is 0 Å². The van der Waals surface area contributed by atoms with Crippen molar-refractivity contribution in [3.8, 4) is 11.5 Å². The zero-order chi connectivity index (χ0) is 16.8. The van der Waals surface area contributed by atoms with Gasteiger partial charge in [-0.3, -0.25) is 4.79 Å². The minimum atomic E-state index is -0.128. The minimum absolute atomic E-state index is 0.128. The van der Waals surface area contributed by atoms with Crippen molar-refractivity contribution >= 4 is 5.91 Å². The molecule has 4 nitrogen and oxygen atoms in total. The molecule has 0 saturated heterocycles. The van der Waals surface area contributed by atoms with Gasteiger partial charge in [-0.05, 0) is 44.4 Å². The second kappa shape index (κ2) is 7.86. The molecule has 0 aromatic heterocycles. The Morgan fingerprint density at radius 2 is 1.79 bits per heavy atom. The lowest BCUT2D eigenvalue weighted by Gasteiger charge is -2.27. The van der Waals surface area contributed by atoms with E-state index in [4.69, 9.17) is 9.47 Å². The lowest BCUT2D eigenvalue weighted by atomic mass is 9.96. The van der Waals surface area contributed by atoms with E-state index < -0.39 is 0 Å². The molecule has 1 aliphatic rings. The van der Waals surface area contributed by atoms with E-state index >= 15 is 0 Å². The molecule has 1 saturated carbocycles. The highest BCUT2D eigenvalue weighted by molar-refractivity contribution is 5.96. The lowest BCUT2D eigenvalue weighted by molar-refractivity contribution is 0.0925. The molecule has 24 heavy (non-hydrogen) atoms. The Morgan fingerprint density at radius 1 is 1.08 bits per heavy atom. The van der Waals surface area contributed by atoms with Crippen molar-refractivity contribution in [1.82, 2.24) is 5.32 Å². The van der Waals surface area contributed by atoms with E-state index in [1.54, 1.807) is 6.07 Å². The van der Waals surface area contributed by atoms with Gasteiger partial charge < -0.3 is 14.8 Å². The van der Waals surface area contributed by atoms with E-state index in [1.807, 2.05) is 49.4 Å². The van der Waals surface area contributed by atoms with Gasteiger partial charge in [0, 0.05) is 12.1 Å². The molecule has 0 radical (unpaired) electrons. The van der Waals surface area contributed by atoms with Gasteiger partial charge in [0.05, 0.1) is 18.3 Å². The van der Waals surface area contributed by atoms with Gasteiger partial charge in [-0.2, -0.15) is 0 Å². The van der Waals surface area contributed by atoms with Crippen LogP contribution in [0, 0.1) is 0 Å². The SMILES string of the molecule is CCOc1ccccc1CNC(=O)c1ccccc1OC1CCC1. The maximum absolute atomic E-state index is 12.6. The third kappa shape index (κ3) is 3.88. The predicted molar refractivity (Wildman–Crippen MR) is 93.5 cm³/mol. The van der Waals surface area contributed by atoms with Gasteiger partial charge in [0.1, 0.15) is 11.5 Å². The van der Waals surface area contributed by atoms with Crippen LogP contribution in [0.3, 0.4) is 0 Å². The van der Waals surface area contributed by atoms with Gasteiger partial charge in [0.25, 0.3) is 5.91 Å². The van der Waals surface area contributed by atoms with Crippen molar-refractivity contribution in [3.05, 3.63) is 59.7 Å². The first-order chi connectivity index (χ1) is 11.8. The fourth-order valence-electron chi connectivity index (χ4n) is 2.64. The highest BCUT2D eigenvalue weighted by Crippen LogP contribution is 2.27. The third-order valence-electron chi connectivity index (χ3n) is 4.19. The Labute approximate surface area is 142 Å². The first-order valence-corrected chi connectivity index (χ1v) is 8.52. The van der Waals surface area contributed by atoms with E-state index in [0.717, 1.165) is 24.2 Å². The number of hydrogen-bond acceptors (Lipinski definition) is 3. The smallest absolute Gasteiger partial charge is 0.255 e. The van der Waals surface area contributed by atoms with Crippen LogP contribution in [0.25, 0.3) is 0 Å². The molecule has 0 heterocycles. The fourth-order valence-corrected chi connectivity index (χ4v) is 2.64. The van der Waals surface area contributed by atoms with Gasteiger partial charge in [-0.25, -0.2) is 0 Å². The molecule has 0 aliphatic heterocycles. The van der Waals surface area contributed by atoms with Crippen LogP contribution in [0.1, 0.15) is 42.1 Å². The molecule has 0 spiro atoms. The quantitative estimate of drug-likeness (QED) is 0.838. The van der Waals surface area contributed by atoms with Crippen molar-refractivity contribution in [1.29, 1.82) is 0 Å². The molecule has 4 heteroatoms. The number of nitrogens with one attached hydrogen (secondary N) is 1. The molecule has 1 fully saturated rings. The van der Waals surface area contributed by atoms with Crippen molar-refractivity contribution in [3.63, 3.8) is 0 Å². The first-order valence-electron chi connectivity index (χ1n) is 8.52. The number of hydrogen-bond donors (Lipinski definition) is 1. The number of benzene rings is 2. The van der Waals surface area contributed by atoms with Crippen LogP contribution >= 0.6 is 0 Å². The highest BCUT2D eigenvalue weighted by atomic mass is 16.5. The summed E-state index contributed by atoms with van der Waals surface area (Å²) in [6.45, 7) is 2.97. The van der Waals surface area contributed by atoms with Crippen molar-refractivity contribution in [2.45, 2.75) is 38.8 Å². The molecule has 1 amide bonds. The van der Waals surface area contributed by atoms with Crippen LogP contribution in [0.5, 0.6) is 11.5 Å². The summed E-state index contributed by atoms with van der Waals surface area (Å²) in [6, 6.07) is 15.2. The standard InChI is InChI=1S/C20H23NO3/c1-2-23-18-12-5-3-8-15(18)14-21-20(22)17-11-4-6-13-19(17)24-16-9-7-10-16/h3-6,8,11-13,16H,2,7,9-10,14H2,1H3,(H,21,22). The zero-order valence-corrected chi connectivity index (χ0v) is 14.0. The fraction of sp³-hybridized carbons (Fsp3) is 0.350. The predicted octanol–water partition coefficient (Wildman–Crippen LogP) is 3.95. The second-order valence-corrected chi connectivity index (χ2v) is 5.89. The number of ether oxygens (including phenoxy) is 2. The lowest BCUT2D eigenvalue weighted by Crippen LogP contribution is -2.28. The van der Waals surface area contributed by atoms with Gasteiger partial charge in [-0.15, -0.1) is 0 Å². The van der Waals surface area contributed by atoms with Crippen molar-refractivity contribution < 1.29 is 14.3 Å². The number of carbonyl (C=O) groups is 1. The third-order valence-corrected chi connectivity index (χ3v) is 4.19. The molecule has 0 unspecified atom stereocenters. The van der Waals surface area contributed by atoms with Crippen LogP contribution < -0.4 is 14.8 Å². The average Bonchev–Trinajstić information content (AvgIpc) is 2.58. The second-order valence-electron chi connectivity index (χ2n) is 5.89. The van der Waals surface area contributed by atoms with Crippen molar-refractivity contribution in [2.75, 3.05) is 6.61 Å². The number of para-hydroxylation sites is 2. The van der Waals surface area contributed by atoms with Crippen LogP contribution in [-0.4, -0.2) is 18.6 Å². The van der Waals surface area contributed by atoms with E-state index in [2.05, 4.69) is 5.32 Å². The first kappa shape index (κ1) is 16.4. The Balaban J connectivity index is 1.67. The minimum Gasteiger partial charge on any atom is -0.494 e. The molecule has 126 valence electrons. The maximum Gasteiger partial charge on any atom is 0.255 e.